The Kier molecular flexibility index (Phi) is 4.98. The summed E-state index contributed by atoms with van der Waals surface area (Å²) in [6.07, 6.45) is 2.64. The highest BCUT2D eigenvalue weighted by Crippen LogP contribution is 2.06. The lowest BCUT2D eigenvalue weighted by Crippen LogP contribution is -2.33. The van der Waals surface area contributed by atoms with Crippen LogP contribution in [-0.4, -0.2) is 52.0 Å². The van der Waals surface area contributed by atoms with Crippen molar-refractivity contribution in [2.24, 2.45) is 0 Å². The molecule has 0 unspecified atom stereocenters. The minimum absolute atomic E-state index is 0.112. The van der Waals surface area contributed by atoms with Crippen LogP contribution in [0.25, 0.3) is 0 Å². The molecule has 0 aliphatic heterocycles. The SMILES string of the molecule is COC(=O)CN(C)C(=O)CCn1cnc([N+](=O)[O-])c1. The van der Waals surface area contributed by atoms with Crippen molar-refractivity contribution in [1.82, 2.24) is 14.5 Å². The summed E-state index contributed by atoms with van der Waals surface area (Å²) in [4.78, 5) is 37.2. The fraction of sp³-hybridized carbons (Fsp3) is 0.500. The van der Waals surface area contributed by atoms with Crippen molar-refractivity contribution in [2.75, 3.05) is 20.7 Å². The molecule has 1 aromatic rings. The van der Waals surface area contributed by atoms with Gasteiger partial charge in [-0.2, -0.15) is 0 Å². The lowest BCUT2D eigenvalue weighted by Gasteiger charge is -2.15. The van der Waals surface area contributed by atoms with E-state index in [0.29, 0.717) is 0 Å². The van der Waals surface area contributed by atoms with Crippen molar-refractivity contribution >= 4 is 17.7 Å². The maximum absolute atomic E-state index is 11.7. The van der Waals surface area contributed by atoms with E-state index in [1.807, 2.05) is 0 Å². The summed E-state index contributed by atoms with van der Waals surface area (Å²) in [5.41, 5.74) is 0. The number of carbonyl (C=O) groups excluding carboxylic acids is 2. The number of rotatable bonds is 6. The molecule has 1 amide bonds. The number of likely N-dealkylation sites (N-methyl/N-ethyl adjacent to an activating group) is 1. The average Bonchev–Trinajstić information content (AvgIpc) is 2.84. The number of nitro groups is 1. The van der Waals surface area contributed by atoms with Crippen LogP contribution in [-0.2, 0) is 20.9 Å². The molecule has 0 radical (unpaired) electrons. The second kappa shape index (κ2) is 6.47. The largest absolute Gasteiger partial charge is 0.468 e. The number of aryl methyl sites for hydroxylation is 1. The number of hydrogen-bond donors (Lipinski definition) is 0. The maximum atomic E-state index is 11.7. The molecule has 0 N–H and O–H groups in total. The number of esters is 1. The summed E-state index contributed by atoms with van der Waals surface area (Å²) in [6.45, 7) is 0.130. The molecular weight excluding hydrogens is 256 g/mol. The molecule has 9 nitrogen and oxygen atoms in total. The van der Waals surface area contributed by atoms with E-state index in [-0.39, 0.29) is 31.2 Å². The Morgan fingerprint density at radius 3 is 2.79 bits per heavy atom. The molecule has 0 saturated carbocycles. The number of ether oxygens (including phenoxy) is 1. The van der Waals surface area contributed by atoms with Gasteiger partial charge in [-0.1, -0.05) is 0 Å². The molecular formula is C10H14N4O5. The van der Waals surface area contributed by atoms with Gasteiger partial charge >= 0.3 is 11.8 Å². The lowest BCUT2D eigenvalue weighted by molar-refractivity contribution is -0.389. The highest BCUT2D eigenvalue weighted by Gasteiger charge is 2.14. The van der Waals surface area contributed by atoms with Crippen LogP contribution in [0.5, 0.6) is 0 Å². The van der Waals surface area contributed by atoms with Crippen molar-refractivity contribution in [3.63, 3.8) is 0 Å². The van der Waals surface area contributed by atoms with Crippen LogP contribution in [0, 0.1) is 10.1 Å². The van der Waals surface area contributed by atoms with E-state index in [1.54, 1.807) is 0 Å². The molecule has 19 heavy (non-hydrogen) atoms. The number of imidazole rings is 1. The lowest BCUT2D eigenvalue weighted by atomic mass is 10.3. The Morgan fingerprint density at radius 1 is 1.58 bits per heavy atom. The van der Waals surface area contributed by atoms with E-state index in [0.717, 1.165) is 0 Å². The summed E-state index contributed by atoms with van der Waals surface area (Å²) in [7, 11) is 2.72. The summed E-state index contributed by atoms with van der Waals surface area (Å²) in [6, 6.07) is 0. The van der Waals surface area contributed by atoms with Crippen LogP contribution in [0.2, 0.25) is 0 Å². The summed E-state index contributed by atoms with van der Waals surface area (Å²) < 4.78 is 5.89. The first-order valence-corrected chi connectivity index (χ1v) is 5.41. The number of carbonyl (C=O) groups is 2. The van der Waals surface area contributed by atoms with E-state index in [2.05, 4.69) is 9.72 Å². The van der Waals surface area contributed by atoms with Gasteiger partial charge < -0.3 is 24.3 Å². The average molecular weight is 270 g/mol. The highest BCUT2D eigenvalue weighted by atomic mass is 16.6. The Morgan fingerprint density at radius 2 is 2.26 bits per heavy atom. The number of amides is 1. The Bertz CT molecular complexity index is 484. The molecule has 104 valence electrons. The van der Waals surface area contributed by atoms with Gasteiger partial charge in [0.05, 0.1) is 7.11 Å². The van der Waals surface area contributed by atoms with Gasteiger partial charge in [-0.15, -0.1) is 0 Å². The van der Waals surface area contributed by atoms with Gasteiger partial charge in [-0.3, -0.25) is 9.59 Å². The second-order valence-electron chi connectivity index (χ2n) is 3.80. The molecule has 0 aliphatic rings. The van der Waals surface area contributed by atoms with Gasteiger partial charge in [0.15, 0.2) is 0 Å². The van der Waals surface area contributed by atoms with Gasteiger partial charge in [0.2, 0.25) is 12.2 Å². The highest BCUT2D eigenvalue weighted by molar-refractivity contribution is 5.81. The van der Waals surface area contributed by atoms with Crippen LogP contribution in [0.3, 0.4) is 0 Å². The maximum Gasteiger partial charge on any atom is 0.381 e. The Hall–Kier alpha value is -2.45. The number of aromatic nitrogens is 2. The van der Waals surface area contributed by atoms with Gasteiger partial charge in [0, 0.05) is 20.0 Å². The third kappa shape index (κ3) is 4.37. The summed E-state index contributed by atoms with van der Waals surface area (Å²) >= 11 is 0. The van der Waals surface area contributed by atoms with E-state index < -0.39 is 10.9 Å². The summed E-state index contributed by atoms with van der Waals surface area (Å²) in [5, 5.41) is 10.4. The standard InChI is InChI=1S/C10H14N4O5/c1-12(6-10(16)19-2)9(15)3-4-13-5-8(11-7-13)14(17)18/h5,7H,3-4,6H2,1-2H3. The van der Waals surface area contributed by atoms with Crippen molar-refractivity contribution < 1.29 is 19.2 Å². The molecule has 1 aromatic heterocycles. The first-order chi connectivity index (χ1) is 8.93. The fourth-order valence-corrected chi connectivity index (χ4v) is 1.33. The van der Waals surface area contributed by atoms with Crippen LogP contribution < -0.4 is 0 Å². The smallest absolute Gasteiger partial charge is 0.381 e. The van der Waals surface area contributed by atoms with Gasteiger partial charge in [0.1, 0.15) is 12.7 Å². The third-order valence-corrected chi connectivity index (χ3v) is 2.41. The van der Waals surface area contributed by atoms with Gasteiger partial charge in [0.25, 0.3) is 0 Å². The Labute approximate surface area is 108 Å². The zero-order valence-electron chi connectivity index (χ0n) is 10.6. The van der Waals surface area contributed by atoms with E-state index in [4.69, 9.17) is 0 Å². The van der Waals surface area contributed by atoms with Crippen molar-refractivity contribution in [2.45, 2.75) is 13.0 Å². The van der Waals surface area contributed by atoms with E-state index >= 15 is 0 Å². The third-order valence-electron chi connectivity index (χ3n) is 2.41. The minimum atomic E-state index is -0.609. The van der Waals surface area contributed by atoms with Crippen LogP contribution in [0.1, 0.15) is 6.42 Å². The zero-order valence-corrected chi connectivity index (χ0v) is 10.6. The van der Waals surface area contributed by atoms with Crippen LogP contribution >= 0.6 is 0 Å². The number of nitrogens with zero attached hydrogens (tertiary/aromatic N) is 4. The first-order valence-electron chi connectivity index (χ1n) is 5.41. The molecule has 0 fully saturated rings. The zero-order chi connectivity index (χ0) is 14.4. The summed E-state index contributed by atoms with van der Waals surface area (Å²) in [5.74, 6) is -1.04. The van der Waals surface area contributed by atoms with Crippen molar-refractivity contribution in [1.29, 1.82) is 0 Å². The normalized spacial score (nSPS) is 10.0. The molecule has 0 aliphatic carbocycles. The molecule has 1 heterocycles. The topological polar surface area (TPSA) is 108 Å². The van der Waals surface area contributed by atoms with Crippen molar-refractivity contribution in [3.05, 3.63) is 22.6 Å². The van der Waals surface area contributed by atoms with E-state index in [1.165, 1.54) is 36.1 Å². The first kappa shape index (κ1) is 14.6. The molecule has 0 bridgehead atoms. The minimum Gasteiger partial charge on any atom is -0.468 e. The predicted octanol–water partition coefficient (Wildman–Crippen LogP) is -0.187. The fourth-order valence-electron chi connectivity index (χ4n) is 1.33. The van der Waals surface area contributed by atoms with Crippen LogP contribution in [0.4, 0.5) is 5.82 Å². The van der Waals surface area contributed by atoms with Gasteiger partial charge in [-0.05, 0) is 9.91 Å². The second-order valence-corrected chi connectivity index (χ2v) is 3.80. The molecule has 9 heteroatoms. The van der Waals surface area contributed by atoms with Crippen LogP contribution in [0.15, 0.2) is 12.5 Å². The Balaban J connectivity index is 2.44. The van der Waals surface area contributed by atoms with Gasteiger partial charge in [-0.25, -0.2) is 0 Å². The monoisotopic (exact) mass is 270 g/mol. The van der Waals surface area contributed by atoms with Crippen molar-refractivity contribution in [3.8, 4) is 0 Å². The molecule has 0 aromatic carbocycles. The molecule has 0 atom stereocenters. The molecule has 0 saturated heterocycles. The molecule has 1 rings (SSSR count). The number of hydrogen-bond acceptors (Lipinski definition) is 6. The molecule has 0 spiro atoms. The van der Waals surface area contributed by atoms with E-state index in [9.17, 15) is 19.7 Å². The quantitative estimate of drug-likeness (QED) is 0.403. The predicted molar refractivity (Wildman–Crippen MR) is 63.2 cm³/mol. The number of methoxy groups -OCH3 is 1.